The quantitative estimate of drug-likeness (QED) is 0.719. The number of halogens is 1. The van der Waals surface area contributed by atoms with E-state index in [9.17, 15) is 4.39 Å². The second-order valence-corrected chi connectivity index (χ2v) is 2.91. The molecule has 2 N–H and O–H groups in total. The van der Waals surface area contributed by atoms with E-state index in [2.05, 4.69) is 17.8 Å². The highest BCUT2D eigenvalue weighted by atomic mass is 19.1. The van der Waals surface area contributed by atoms with E-state index < -0.39 is 0 Å². The Morgan fingerprint density at radius 2 is 2.00 bits per heavy atom. The third kappa shape index (κ3) is 2.85. The molecule has 0 atom stereocenters. The van der Waals surface area contributed by atoms with Crippen LogP contribution in [0.5, 0.6) is 0 Å². The molecule has 0 amide bonds. The Balaban J connectivity index is 2.88. The van der Waals surface area contributed by atoms with Crippen molar-refractivity contribution < 1.29 is 4.39 Å². The van der Waals surface area contributed by atoms with Crippen LogP contribution >= 0.6 is 0 Å². The van der Waals surface area contributed by atoms with Crippen molar-refractivity contribution in [3.63, 3.8) is 0 Å². The Kier molecular flexibility index (Phi) is 4.13. The molecule has 0 spiro atoms. The van der Waals surface area contributed by atoms with Gasteiger partial charge in [0.2, 0.25) is 0 Å². The Labute approximate surface area is 83.8 Å². The Bertz CT molecular complexity index is 304. The molecule has 2 nitrogen and oxygen atoms in total. The second kappa shape index (κ2) is 5.40. The lowest BCUT2D eigenvalue weighted by molar-refractivity contribution is 0.627. The summed E-state index contributed by atoms with van der Waals surface area (Å²) in [7, 11) is 1.80. The van der Waals surface area contributed by atoms with Crippen LogP contribution in [-0.4, -0.2) is 7.05 Å². The van der Waals surface area contributed by atoms with Gasteiger partial charge in [0.15, 0.2) is 0 Å². The summed E-state index contributed by atoms with van der Waals surface area (Å²) in [6.45, 7) is 2.06. The van der Waals surface area contributed by atoms with Gasteiger partial charge < -0.3 is 5.43 Å². The lowest BCUT2D eigenvalue weighted by Crippen LogP contribution is -2.25. The van der Waals surface area contributed by atoms with E-state index in [0.29, 0.717) is 0 Å². The summed E-state index contributed by atoms with van der Waals surface area (Å²) in [4.78, 5) is 0. The van der Waals surface area contributed by atoms with Crippen LogP contribution in [0.2, 0.25) is 0 Å². The summed E-state index contributed by atoms with van der Waals surface area (Å²) in [6, 6.07) is 6.41. The molecular formula is C11H15FN2. The van der Waals surface area contributed by atoms with E-state index in [-0.39, 0.29) is 5.82 Å². The van der Waals surface area contributed by atoms with Gasteiger partial charge in [-0.1, -0.05) is 13.0 Å². The first-order valence-corrected chi connectivity index (χ1v) is 4.66. The molecular weight excluding hydrogens is 179 g/mol. The van der Waals surface area contributed by atoms with Crippen molar-refractivity contribution in [2.24, 2.45) is 0 Å². The molecule has 0 aliphatic rings. The average molecular weight is 194 g/mol. The third-order valence-corrected chi connectivity index (χ3v) is 1.82. The highest BCUT2D eigenvalue weighted by Crippen LogP contribution is 2.12. The molecule has 0 heterocycles. The minimum Gasteiger partial charge on any atom is -0.321 e. The number of allylic oxidation sites excluding steroid dienone is 1. The molecule has 0 fully saturated rings. The van der Waals surface area contributed by atoms with Crippen LogP contribution in [0, 0.1) is 5.82 Å². The third-order valence-electron chi connectivity index (χ3n) is 1.82. The second-order valence-electron chi connectivity index (χ2n) is 2.91. The first-order chi connectivity index (χ1) is 6.77. The van der Waals surface area contributed by atoms with E-state index in [1.54, 1.807) is 19.2 Å². The largest absolute Gasteiger partial charge is 0.321 e. The predicted octanol–water partition coefficient (Wildman–Crippen LogP) is 2.30. The van der Waals surface area contributed by atoms with Crippen molar-refractivity contribution in [2.75, 3.05) is 7.05 Å². The van der Waals surface area contributed by atoms with Crippen LogP contribution in [0.1, 0.15) is 18.9 Å². The van der Waals surface area contributed by atoms with Gasteiger partial charge in [0, 0.05) is 7.05 Å². The highest BCUT2D eigenvalue weighted by Gasteiger charge is 1.99. The van der Waals surface area contributed by atoms with Gasteiger partial charge >= 0.3 is 0 Å². The van der Waals surface area contributed by atoms with Crippen LogP contribution in [0.4, 0.5) is 4.39 Å². The molecule has 0 saturated heterocycles. The molecule has 0 saturated carbocycles. The van der Waals surface area contributed by atoms with Crippen molar-refractivity contribution in [3.8, 4) is 0 Å². The molecule has 14 heavy (non-hydrogen) atoms. The predicted molar refractivity (Wildman–Crippen MR) is 56.9 cm³/mol. The van der Waals surface area contributed by atoms with Gasteiger partial charge in [-0.25, -0.2) is 9.82 Å². The summed E-state index contributed by atoms with van der Waals surface area (Å²) in [5.74, 6) is -0.214. The van der Waals surface area contributed by atoms with Crippen LogP contribution in [0.25, 0.3) is 5.70 Å². The van der Waals surface area contributed by atoms with Crippen LogP contribution in [-0.2, 0) is 0 Å². The first-order valence-electron chi connectivity index (χ1n) is 4.66. The van der Waals surface area contributed by atoms with Gasteiger partial charge in [-0.2, -0.15) is 0 Å². The van der Waals surface area contributed by atoms with E-state index in [4.69, 9.17) is 0 Å². The fraction of sp³-hybridized carbons (Fsp3) is 0.273. The standard InChI is InChI=1S/C11H15FN2/c1-3-4-11(14-13-2)9-5-7-10(12)8-6-9/h4-8,13-14H,3H2,1-2H3/b11-4-. The fourth-order valence-corrected chi connectivity index (χ4v) is 1.21. The minimum absolute atomic E-state index is 0.214. The molecule has 0 bridgehead atoms. The smallest absolute Gasteiger partial charge is 0.123 e. The molecule has 76 valence electrons. The molecule has 1 aromatic rings. The van der Waals surface area contributed by atoms with E-state index in [1.807, 2.05) is 6.08 Å². The van der Waals surface area contributed by atoms with Crippen LogP contribution in [0.15, 0.2) is 30.3 Å². The summed E-state index contributed by atoms with van der Waals surface area (Å²) < 4.78 is 12.7. The van der Waals surface area contributed by atoms with Gasteiger partial charge in [0.1, 0.15) is 5.82 Å². The average Bonchev–Trinajstić information content (AvgIpc) is 2.19. The molecule has 1 aromatic carbocycles. The lowest BCUT2D eigenvalue weighted by atomic mass is 10.1. The number of hydrazine groups is 1. The Hall–Kier alpha value is -1.35. The zero-order chi connectivity index (χ0) is 10.4. The van der Waals surface area contributed by atoms with E-state index >= 15 is 0 Å². The lowest BCUT2D eigenvalue weighted by Gasteiger charge is -2.09. The molecule has 0 radical (unpaired) electrons. The molecule has 3 heteroatoms. The van der Waals surface area contributed by atoms with Crippen molar-refractivity contribution in [3.05, 3.63) is 41.7 Å². The molecule has 0 unspecified atom stereocenters. The Morgan fingerprint density at radius 1 is 1.36 bits per heavy atom. The number of rotatable bonds is 4. The normalized spacial score (nSPS) is 11.5. The van der Waals surface area contributed by atoms with Crippen molar-refractivity contribution in [2.45, 2.75) is 13.3 Å². The molecule has 0 aromatic heterocycles. The van der Waals surface area contributed by atoms with E-state index in [0.717, 1.165) is 17.7 Å². The molecule has 1 rings (SSSR count). The number of hydrogen-bond donors (Lipinski definition) is 2. The van der Waals surface area contributed by atoms with Gasteiger partial charge in [-0.15, -0.1) is 0 Å². The maximum atomic E-state index is 12.7. The molecule has 0 aliphatic carbocycles. The summed E-state index contributed by atoms with van der Waals surface area (Å²) in [5, 5.41) is 0. The summed E-state index contributed by atoms with van der Waals surface area (Å²) >= 11 is 0. The van der Waals surface area contributed by atoms with Gasteiger partial charge in [0.05, 0.1) is 5.70 Å². The number of nitrogens with one attached hydrogen (secondary N) is 2. The van der Waals surface area contributed by atoms with E-state index in [1.165, 1.54) is 12.1 Å². The fourth-order valence-electron chi connectivity index (χ4n) is 1.21. The summed E-state index contributed by atoms with van der Waals surface area (Å²) in [5.41, 5.74) is 7.80. The monoisotopic (exact) mass is 194 g/mol. The first kappa shape index (κ1) is 10.7. The van der Waals surface area contributed by atoms with Gasteiger partial charge in [-0.05, 0) is 36.2 Å². The maximum Gasteiger partial charge on any atom is 0.123 e. The number of hydrogen-bond acceptors (Lipinski definition) is 2. The van der Waals surface area contributed by atoms with Crippen molar-refractivity contribution >= 4 is 5.70 Å². The maximum absolute atomic E-state index is 12.7. The van der Waals surface area contributed by atoms with Crippen molar-refractivity contribution in [1.82, 2.24) is 10.9 Å². The SMILES string of the molecule is CC/C=C(\NNC)c1ccc(F)cc1. The minimum atomic E-state index is -0.214. The summed E-state index contributed by atoms with van der Waals surface area (Å²) in [6.07, 6.45) is 2.98. The highest BCUT2D eigenvalue weighted by molar-refractivity contribution is 5.63. The van der Waals surface area contributed by atoms with Crippen LogP contribution < -0.4 is 10.9 Å². The van der Waals surface area contributed by atoms with Gasteiger partial charge in [0.25, 0.3) is 0 Å². The van der Waals surface area contributed by atoms with Crippen molar-refractivity contribution in [1.29, 1.82) is 0 Å². The zero-order valence-corrected chi connectivity index (χ0v) is 8.47. The topological polar surface area (TPSA) is 24.1 Å². The zero-order valence-electron chi connectivity index (χ0n) is 8.47. The molecule has 0 aliphatic heterocycles. The van der Waals surface area contributed by atoms with Gasteiger partial charge in [-0.3, -0.25) is 0 Å². The van der Waals surface area contributed by atoms with Crippen LogP contribution in [0.3, 0.4) is 0 Å². The Morgan fingerprint density at radius 3 is 2.50 bits per heavy atom. The number of benzene rings is 1.